The highest BCUT2D eigenvalue weighted by molar-refractivity contribution is 5.92. The molecule has 156 valence electrons. The number of nitrogens with zero attached hydrogens (tertiary/aromatic N) is 3. The summed E-state index contributed by atoms with van der Waals surface area (Å²) in [6.07, 6.45) is 4.27. The Morgan fingerprint density at radius 2 is 1.97 bits per heavy atom. The van der Waals surface area contributed by atoms with E-state index in [4.69, 9.17) is 9.47 Å². The fourth-order valence-corrected chi connectivity index (χ4v) is 3.50. The van der Waals surface area contributed by atoms with Gasteiger partial charge in [-0.15, -0.1) is 0 Å². The van der Waals surface area contributed by atoms with Gasteiger partial charge in [0.15, 0.2) is 0 Å². The Kier molecular flexibility index (Phi) is 5.69. The van der Waals surface area contributed by atoms with Crippen LogP contribution in [0.5, 0.6) is 0 Å². The Hall–Kier alpha value is -2.82. The van der Waals surface area contributed by atoms with Gasteiger partial charge in [0.05, 0.1) is 24.2 Å². The summed E-state index contributed by atoms with van der Waals surface area (Å²) in [4.78, 5) is 30.6. The molecule has 0 atom stereocenters. The van der Waals surface area contributed by atoms with E-state index in [1.54, 1.807) is 17.2 Å². The molecule has 0 bridgehead atoms. The summed E-state index contributed by atoms with van der Waals surface area (Å²) >= 11 is 0. The number of hydrogen-bond acceptors (Lipinski definition) is 7. The van der Waals surface area contributed by atoms with E-state index in [0.717, 1.165) is 25.7 Å². The Morgan fingerprint density at radius 1 is 1.31 bits per heavy atom. The van der Waals surface area contributed by atoms with Gasteiger partial charge in [-0.2, -0.15) is 5.26 Å². The number of amides is 1. The fraction of sp³-hybridized carbons (Fsp3) is 0.619. The minimum absolute atomic E-state index is 0.128. The summed E-state index contributed by atoms with van der Waals surface area (Å²) < 4.78 is 10.3. The Morgan fingerprint density at radius 3 is 2.48 bits per heavy atom. The van der Waals surface area contributed by atoms with Crippen molar-refractivity contribution in [3.8, 4) is 6.07 Å². The van der Waals surface area contributed by atoms with Gasteiger partial charge in [0, 0.05) is 30.9 Å². The zero-order valence-electron chi connectivity index (χ0n) is 17.4. The first-order chi connectivity index (χ1) is 13.7. The third-order valence-corrected chi connectivity index (χ3v) is 5.29. The predicted octanol–water partition coefficient (Wildman–Crippen LogP) is 3.23. The lowest BCUT2D eigenvalue weighted by atomic mass is 9.94. The van der Waals surface area contributed by atoms with Crippen LogP contribution in [-0.4, -0.2) is 53.8 Å². The molecule has 1 aliphatic heterocycles. The molecule has 1 aromatic rings. The van der Waals surface area contributed by atoms with Crippen LogP contribution in [0, 0.1) is 11.3 Å². The minimum Gasteiger partial charge on any atom is -0.465 e. The second-order valence-electron chi connectivity index (χ2n) is 8.69. The van der Waals surface area contributed by atoms with Crippen LogP contribution >= 0.6 is 0 Å². The van der Waals surface area contributed by atoms with Gasteiger partial charge in [-0.1, -0.05) is 0 Å². The largest absolute Gasteiger partial charge is 0.465 e. The quantitative estimate of drug-likeness (QED) is 0.774. The highest BCUT2D eigenvalue weighted by atomic mass is 16.6. The van der Waals surface area contributed by atoms with Gasteiger partial charge in [0.1, 0.15) is 11.4 Å². The van der Waals surface area contributed by atoms with Crippen molar-refractivity contribution in [1.29, 1.82) is 5.26 Å². The first-order valence-corrected chi connectivity index (χ1v) is 9.92. The van der Waals surface area contributed by atoms with Crippen molar-refractivity contribution < 1.29 is 19.1 Å². The van der Waals surface area contributed by atoms with Crippen molar-refractivity contribution in [3.63, 3.8) is 0 Å². The zero-order chi connectivity index (χ0) is 21.2. The normalized spacial score (nSPS) is 18.5. The van der Waals surface area contributed by atoms with E-state index in [0.29, 0.717) is 30.0 Å². The van der Waals surface area contributed by atoms with E-state index in [2.05, 4.69) is 16.4 Å². The topological polar surface area (TPSA) is 105 Å². The fourth-order valence-electron chi connectivity index (χ4n) is 3.50. The molecule has 1 aliphatic carbocycles. The van der Waals surface area contributed by atoms with Gasteiger partial charge < -0.3 is 19.7 Å². The van der Waals surface area contributed by atoms with Crippen LogP contribution in [0.2, 0.25) is 0 Å². The lowest BCUT2D eigenvalue weighted by Gasteiger charge is -2.34. The Labute approximate surface area is 171 Å². The molecule has 1 amide bonds. The number of carbonyl (C=O) groups excluding carboxylic acids is 2. The lowest BCUT2D eigenvalue weighted by molar-refractivity contribution is 0.0210. The van der Waals surface area contributed by atoms with E-state index in [1.165, 1.54) is 7.11 Å². The maximum atomic E-state index is 12.3. The van der Waals surface area contributed by atoms with Crippen molar-refractivity contribution in [2.75, 3.05) is 25.5 Å². The first kappa shape index (κ1) is 20.9. The van der Waals surface area contributed by atoms with Gasteiger partial charge in [0.25, 0.3) is 0 Å². The number of anilines is 1. The number of rotatable bonds is 4. The van der Waals surface area contributed by atoms with Crippen LogP contribution < -0.4 is 5.32 Å². The third kappa shape index (κ3) is 4.78. The van der Waals surface area contributed by atoms with E-state index < -0.39 is 17.0 Å². The number of carbonyl (C=O) groups is 2. The molecule has 1 N–H and O–H groups in total. The van der Waals surface area contributed by atoms with Crippen LogP contribution in [-0.2, 0) is 14.9 Å². The van der Waals surface area contributed by atoms with E-state index in [1.807, 2.05) is 20.8 Å². The lowest BCUT2D eigenvalue weighted by Crippen LogP contribution is -2.44. The van der Waals surface area contributed by atoms with Crippen molar-refractivity contribution in [2.45, 2.75) is 63.5 Å². The first-order valence-electron chi connectivity index (χ1n) is 9.92. The number of hydrogen-bond donors (Lipinski definition) is 1. The van der Waals surface area contributed by atoms with Crippen LogP contribution in [0.25, 0.3) is 0 Å². The summed E-state index contributed by atoms with van der Waals surface area (Å²) in [6.45, 7) is 6.74. The summed E-state index contributed by atoms with van der Waals surface area (Å²) in [5.74, 6) is 0.102. The van der Waals surface area contributed by atoms with Crippen LogP contribution in [0.1, 0.15) is 62.4 Å². The molecule has 2 aliphatic rings. The summed E-state index contributed by atoms with van der Waals surface area (Å²) in [6, 6.07) is 4.10. The number of piperidine rings is 1. The smallest absolute Gasteiger partial charge is 0.410 e. The number of methoxy groups -OCH3 is 1. The van der Waals surface area contributed by atoms with Gasteiger partial charge >= 0.3 is 12.1 Å². The second kappa shape index (κ2) is 7.90. The van der Waals surface area contributed by atoms with E-state index >= 15 is 0 Å². The van der Waals surface area contributed by atoms with Crippen molar-refractivity contribution in [3.05, 3.63) is 23.4 Å². The molecule has 2 fully saturated rings. The number of esters is 1. The SMILES string of the molecule is COC(=O)c1cc(NC2CCN(C(=O)OC(C)(C)C)CC2)ncc1C1(C#N)CC1. The summed E-state index contributed by atoms with van der Waals surface area (Å²) in [5, 5.41) is 12.8. The van der Waals surface area contributed by atoms with E-state index in [-0.39, 0.29) is 12.1 Å². The van der Waals surface area contributed by atoms with Crippen molar-refractivity contribution >= 4 is 17.9 Å². The number of nitriles is 1. The van der Waals surface area contributed by atoms with Gasteiger partial charge in [-0.25, -0.2) is 14.6 Å². The zero-order valence-corrected chi connectivity index (χ0v) is 17.4. The molecule has 0 unspecified atom stereocenters. The van der Waals surface area contributed by atoms with Crippen molar-refractivity contribution in [2.24, 2.45) is 0 Å². The number of likely N-dealkylation sites (tertiary alicyclic amines) is 1. The molecule has 1 saturated carbocycles. The van der Waals surface area contributed by atoms with Gasteiger partial charge in [-0.3, -0.25) is 0 Å². The maximum absolute atomic E-state index is 12.3. The highest BCUT2D eigenvalue weighted by Crippen LogP contribution is 2.48. The number of aromatic nitrogens is 1. The summed E-state index contributed by atoms with van der Waals surface area (Å²) in [7, 11) is 1.33. The van der Waals surface area contributed by atoms with Crippen LogP contribution in [0.4, 0.5) is 10.6 Å². The van der Waals surface area contributed by atoms with Crippen LogP contribution in [0.15, 0.2) is 12.3 Å². The third-order valence-electron chi connectivity index (χ3n) is 5.29. The monoisotopic (exact) mass is 400 g/mol. The molecule has 0 aromatic carbocycles. The molecule has 1 aromatic heterocycles. The molecule has 8 nitrogen and oxygen atoms in total. The molecular weight excluding hydrogens is 372 g/mol. The van der Waals surface area contributed by atoms with Gasteiger partial charge in [-0.05, 0) is 52.5 Å². The highest BCUT2D eigenvalue weighted by Gasteiger charge is 2.47. The molecular formula is C21H28N4O4. The number of pyridine rings is 1. The summed E-state index contributed by atoms with van der Waals surface area (Å²) in [5.41, 5.74) is -0.106. The maximum Gasteiger partial charge on any atom is 0.410 e. The van der Waals surface area contributed by atoms with Crippen LogP contribution in [0.3, 0.4) is 0 Å². The molecule has 3 rings (SSSR count). The number of ether oxygens (including phenoxy) is 2. The second-order valence-corrected chi connectivity index (χ2v) is 8.69. The minimum atomic E-state index is -0.617. The number of nitrogens with one attached hydrogen (secondary N) is 1. The molecule has 0 spiro atoms. The Bertz CT molecular complexity index is 828. The average molecular weight is 400 g/mol. The molecule has 0 radical (unpaired) electrons. The van der Waals surface area contributed by atoms with Crippen molar-refractivity contribution in [1.82, 2.24) is 9.88 Å². The molecule has 2 heterocycles. The van der Waals surface area contributed by atoms with E-state index in [9.17, 15) is 14.9 Å². The average Bonchev–Trinajstić information content (AvgIpc) is 3.47. The predicted molar refractivity (Wildman–Crippen MR) is 107 cm³/mol. The molecule has 8 heteroatoms. The molecule has 29 heavy (non-hydrogen) atoms. The molecule has 1 saturated heterocycles. The van der Waals surface area contributed by atoms with Gasteiger partial charge in [0.2, 0.25) is 0 Å². The Balaban J connectivity index is 1.65. The standard InChI is InChI=1S/C21H28N4O4/c1-20(2,3)29-19(27)25-9-5-14(6-10-25)24-17-11-15(18(26)28-4)16(12-23-17)21(13-22)7-8-21/h11-12,14H,5-10H2,1-4H3,(H,23,24).